The number of rotatable bonds is 7. The first-order valence-electron chi connectivity index (χ1n) is 11.7. The van der Waals surface area contributed by atoms with Gasteiger partial charge in [0.15, 0.2) is 17.3 Å². The van der Waals surface area contributed by atoms with Gasteiger partial charge >= 0.3 is 0 Å². The summed E-state index contributed by atoms with van der Waals surface area (Å²) < 4.78 is 18.4. The van der Waals surface area contributed by atoms with Crippen LogP contribution in [0.5, 0.6) is 17.2 Å². The molecule has 0 aliphatic heterocycles. The third-order valence-electron chi connectivity index (χ3n) is 6.88. The van der Waals surface area contributed by atoms with Gasteiger partial charge in [0.1, 0.15) is 0 Å². The number of fused-ring (bicyclic) bond motifs is 5. The SMILES string of the molecule is COc1cc([C@H](Cn2c3c(c4ccccc4c2=O)C(=O)c2ccccc2-3)N(C)C)cc(OC)c1OC. The van der Waals surface area contributed by atoms with E-state index < -0.39 is 0 Å². The van der Waals surface area contributed by atoms with Crippen molar-refractivity contribution >= 4 is 16.6 Å². The Kier molecular flexibility index (Phi) is 6.02. The van der Waals surface area contributed by atoms with E-state index in [0.29, 0.717) is 51.4 Å². The largest absolute Gasteiger partial charge is 0.493 e. The van der Waals surface area contributed by atoms with Crippen LogP contribution in [0.1, 0.15) is 27.5 Å². The summed E-state index contributed by atoms with van der Waals surface area (Å²) in [5, 5.41) is 1.21. The van der Waals surface area contributed by atoms with Gasteiger partial charge in [-0.3, -0.25) is 9.59 Å². The predicted octanol–water partition coefficient (Wildman–Crippen LogP) is 4.54. The third kappa shape index (κ3) is 3.55. The third-order valence-corrected chi connectivity index (χ3v) is 6.88. The summed E-state index contributed by atoms with van der Waals surface area (Å²) in [5.41, 5.74) is 3.40. The molecule has 0 radical (unpaired) electrons. The first-order chi connectivity index (χ1) is 17.4. The minimum atomic E-state index is -0.232. The highest BCUT2D eigenvalue weighted by Gasteiger charge is 2.33. The average Bonchev–Trinajstić information content (AvgIpc) is 3.20. The van der Waals surface area contributed by atoms with E-state index >= 15 is 0 Å². The maximum atomic E-state index is 13.9. The Morgan fingerprint density at radius 2 is 1.39 bits per heavy atom. The molecular formula is C29H28N2O5. The summed E-state index contributed by atoms with van der Waals surface area (Å²) >= 11 is 0. The first-order valence-corrected chi connectivity index (χ1v) is 11.7. The number of benzene rings is 3. The van der Waals surface area contributed by atoms with Crippen LogP contribution in [0.4, 0.5) is 0 Å². The fourth-order valence-corrected chi connectivity index (χ4v) is 5.14. The van der Waals surface area contributed by atoms with Gasteiger partial charge in [-0.15, -0.1) is 0 Å². The second-order valence-electron chi connectivity index (χ2n) is 9.00. The maximum absolute atomic E-state index is 13.9. The molecule has 5 rings (SSSR count). The molecule has 0 bridgehead atoms. The van der Waals surface area contributed by atoms with Crippen molar-refractivity contribution in [3.63, 3.8) is 0 Å². The van der Waals surface area contributed by atoms with Gasteiger partial charge in [-0.1, -0.05) is 42.5 Å². The molecule has 1 aliphatic carbocycles. The van der Waals surface area contributed by atoms with E-state index in [1.165, 1.54) is 0 Å². The molecule has 184 valence electrons. The standard InChI is InChI=1S/C29H28N2O5/c1-30(2)22(17-14-23(34-3)28(36-5)24(15-17)35-4)16-31-26-19-11-7-8-12-20(19)27(32)25(26)18-10-6-9-13-21(18)29(31)33/h6-15,22H,16H2,1-5H3/t22-/m0/s1. The van der Waals surface area contributed by atoms with Crippen molar-refractivity contribution in [2.24, 2.45) is 0 Å². The highest BCUT2D eigenvalue weighted by molar-refractivity contribution is 6.26. The van der Waals surface area contributed by atoms with E-state index in [9.17, 15) is 9.59 Å². The lowest BCUT2D eigenvalue weighted by Crippen LogP contribution is -2.31. The van der Waals surface area contributed by atoms with Crippen LogP contribution in [0.25, 0.3) is 22.0 Å². The van der Waals surface area contributed by atoms with Gasteiger partial charge in [0, 0.05) is 28.4 Å². The van der Waals surface area contributed by atoms with Crippen LogP contribution >= 0.6 is 0 Å². The van der Waals surface area contributed by atoms with Crippen LogP contribution in [-0.2, 0) is 6.54 Å². The normalized spacial score (nSPS) is 13.0. The van der Waals surface area contributed by atoms with Gasteiger partial charge in [0.2, 0.25) is 5.75 Å². The molecule has 3 aromatic carbocycles. The molecule has 0 amide bonds. The van der Waals surface area contributed by atoms with Gasteiger partial charge in [0.25, 0.3) is 5.56 Å². The van der Waals surface area contributed by atoms with Crippen LogP contribution in [0.3, 0.4) is 0 Å². The van der Waals surface area contributed by atoms with E-state index in [2.05, 4.69) is 0 Å². The Morgan fingerprint density at radius 1 is 0.806 bits per heavy atom. The van der Waals surface area contributed by atoms with Crippen molar-refractivity contribution in [1.82, 2.24) is 9.47 Å². The van der Waals surface area contributed by atoms with E-state index in [4.69, 9.17) is 14.2 Å². The monoisotopic (exact) mass is 484 g/mol. The molecule has 36 heavy (non-hydrogen) atoms. The number of methoxy groups -OCH3 is 3. The number of carbonyl (C=O) groups is 1. The molecule has 7 heteroatoms. The van der Waals surface area contributed by atoms with Crippen molar-refractivity contribution in [2.75, 3.05) is 35.4 Å². The number of ketones is 1. The Bertz CT molecular complexity index is 1530. The summed E-state index contributed by atoms with van der Waals surface area (Å²) in [6, 6.07) is 18.4. The van der Waals surface area contributed by atoms with Gasteiger partial charge in [-0.2, -0.15) is 0 Å². The number of pyridine rings is 1. The summed E-state index contributed by atoms with van der Waals surface area (Å²) in [6.45, 7) is 0.319. The van der Waals surface area contributed by atoms with Crippen LogP contribution in [-0.4, -0.2) is 50.7 Å². The number of nitrogens with zero attached hydrogens (tertiary/aromatic N) is 2. The molecule has 0 spiro atoms. The van der Waals surface area contributed by atoms with Gasteiger partial charge in [-0.05, 0) is 37.9 Å². The van der Waals surface area contributed by atoms with E-state index in [1.807, 2.05) is 73.6 Å². The number of ether oxygens (including phenoxy) is 3. The van der Waals surface area contributed by atoms with E-state index in [-0.39, 0.29) is 17.4 Å². The van der Waals surface area contributed by atoms with E-state index in [1.54, 1.807) is 32.0 Å². The molecule has 1 aliphatic rings. The quantitative estimate of drug-likeness (QED) is 0.338. The van der Waals surface area contributed by atoms with Crippen LogP contribution in [0, 0.1) is 0 Å². The summed E-state index contributed by atoms with van der Waals surface area (Å²) in [6.07, 6.45) is 0. The molecule has 0 unspecified atom stereocenters. The number of likely N-dealkylation sites (N-methyl/N-ethyl adjacent to an activating group) is 1. The lowest BCUT2D eigenvalue weighted by atomic mass is 10.0. The first kappa shape index (κ1) is 23.6. The van der Waals surface area contributed by atoms with Crippen LogP contribution < -0.4 is 19.8 Å². The van der Waals surface area contributed by atoms with Gasteiger partial charge in [0.05, 0.1) is 38.6 Å². The Balaban J connectivity index is 1.76. The molecule has 0 fully saturated rings. The van der Waals surface area contributed by atoms with Gasteiger partial charge < -0.3 is 23.7 Å². The number of hydrogen-bond donors (Lipinski definition) is 0. The number of hydrogen-bond acceptors (Lipinski definition) is 6. The fourth-order valence-electron chi connectivity index (χ4n) is 5.14. The van der Waals surface area contributed by atoms with Crippen molar-refractivity contribution < 1.29 is 19.0 Å². The molecule has 0 N–H and O–H groups in total. The fraction of sp³-hybridized carbons (Fsp3) is 0.241. The highest BCUT2D eigenvalue weighted by atomic mass is 16.5. The van der Waals surface area contributed by atoms with Gasteiger partial charge in [-0.25, -0.2) is 0 Å². The Hall–Kier alpha value is -4.10. The predicted molar refractivity (Wildman–Crippen MR) is 140 cm³/mol. The van der Waals surface area contributed by atoms with Crippen molar-refractivity contribution in [2.45, 2.75) is 12.6 Å². The minimum Gasteiger partial charge on any atom is -0.493 e. The molecule has 4 aromatic rings. The zero-order chi connectivity index (χ0) is 25.6. The molecular weight excluding hydrogens is 456 g/mol. The lowest BCUT2D eigenvalue weighted by molar-refractivity contribution is 0.104. The minimum absolute atomic E-state index is 0.0558. The molecule has 1 aromatic heterocycles. The second-order valence-corrected chi connectivity index (χ2v) is 9.00. The smallest absolute Gasteiger partial charge is 0.259 e. The Morgan fingerprint density at radius 3 is 1.97 bits per heavy atom. The topological polar surface area (TPSA) is 70.0 Å². The molecule has 7 nitrogen and oxygen atoms in total. The molecule has 0 saturated heterocycles. The zero-order valence-electron chi connectivity index (χ0n) is 21.0. The zero-order valence-corrected chi connectivity index (χ0v) is 21.0. The average molecular weight is 485 g/mol. The molecule has 0 saturated carbocycles. The van der Waals surface area contributed by atoms with Crippen LogP contribution in [0.2, 0.25) is 0 Å². The number of carbonyl (C=O) groups excluding carboxylic acids is 1. The Labute approximate surface area is 209 Å². The summed E-state index contributed by atoms with van der Waals surface area (Å²) in [7, 11) is 8.64. The maximum Gasteiger partial charge on any atom is 0.259 e. The summed E-state index contributed by atoms with van der Waals surface area (Å²) in [4.78, 5) is 29.5. The molecule has 1 heterocycles. The van der Waals surface area contributed by atoms with Crippen molar-refractivity contribution in [3.05, 3.63) is 87.7 Å². The van der Waals surface area contributed by atoms with Crippen molar-refractivity contribution in [3.8, 4) is 28.5 Å². The number of aromatic nitrogens is 1. The van der Waals surface area contributed by atoms with E-state index in [0.717, 1.165) is 11.1 Å². The highest BCUT2D eigenvalue weighted by Crippen LogP contribution is 2.42. The van der Waals surface area contributed by atoms with Crippen molar-refractivity contribution in [1.29, 1.82) is 0 Å². The summed E-state index contributed by atoms with van der Waals surface area (Å²) in [5.74, 6) is 1.52. The van der Waals surface area contributed by atoms with Crippen LogP contribution in [0.15, 0.2) is 65.5 Å². The lowest BCUT2D eigenvalue weighted by Gasteiger charge is -2.28. The second kappa shape index (κ2) is 9.17. The molecule has 1 atom stereocenters.